The molecule has 26 heavy (non-hydrogen) atoms. The van der Waals surface area contributed by atoms with Gasteiger partial charge in [0.05, 0.1) is 5.66 Å². The molecular formula is C22H40N2O2. The minimum Gasteiger partial charge on any atom is -0.508 e. The van der Waals surface area contributed by atoms with Gasteiger partial charge in [-0.25, -0.2) is 0 Å². The first kappa shape index (κ1) is 22.8. The average Bonchev–Trinajstić information content (AvgIpc) is 2.55. The lowest BCUT2D eigenvalue weighted by Crippen LogP contribution is -2.55. The van der Waals surface area contributed by atoms with Crippen LogP contribution < -0.4 is 10.6 Å². The molecule has 150 valence electrons. The van der Waals surface area contributed by atoms with Crippen LogP contribution in [0.1, 0.15) is 85.1 Å². The highest BCUT2D eigenvalue weighted by molar-refractivity contribution is 5.42. The van der Waals surface area contributed by atoms with Crippen LogP contribution in [0.2, 0.25) is 0 Å². The van der Waals surface area contributed by atoms with E-state index in [-0.39, 0.29) is 22.6 Å². The Hall–Kier alpha value is -1.26. The van der Waals surface area contributed by atoms with E-state index in [1.54, 1.807) is 6.07 Å². The topological polar surface area (TPSA) is 64.5 Å². The van der Waals surface area contributed by atoms with E-state index in [1.807, 2.05) is 6.07 Å². The molecule has 4 nitrogen and oxygen atoms in total. The average molecular weight is 365 g/mol. The standard InChI is InChI=1S/C22H40N2O2/c1-6-8-15-23-22(5,24-16-9-7-2)14-10-13-21(3,4)19-12-11-18(25)17-20(19)26/h11-12,17,23-26H,6-10,13-16H2,1-5H3. The molecule has 0 unspecified atom stereocenters. The third-order valence-electron chi connectivity index (χ3n) is 5.28. The molecule has 0 bridgehead atoms. The van der Waals surface area contributed by atoms with Crippen molar-refractivity contribution in [2.24, 2.45) is 0 Å². The Morgan fingerprint density at radius 2 is 1.42 bits per heavy atom. The van der Waals surface area contributed by atoms with Crippen LogP contribution in [0, 0.1) is 0 Å². The van der Waals surface area contributed by atoms with Crippen molar-refractivity contribution in [1.82, 2.24) is 10.6 Å². The van der Waals surface area contributed by atoms with Gasteiger partial charge in [0.25, 0.3) is 0 Å². The van der Waals surface area contributed by atoms with Crippen molar-refractivity contribution in [3.8, 4) is 11.5 Å². The van der Waals surface area contributed by atoms with E-state index in [9.17, 15) is 10.2 Å². The SMILES string of the molecule is CCCCNC(C)(CCCC(C)(C)c1ccc(O)cc1O)NCCCC. The molecule has 1 aromatic carbocycles. The van der Waals surface area contributed by atoms with Gasteiger partial charge in [-0.1, -0.05) is 46.6 Å². The molecule has 0 aliphatic rings. The Balaban J connectivity index is 2.65. The highest BCUT2D eigenvalue weighted by atomic mass is 16.3. The van der Waals surface area contributed by atoms with Gasteiger partial charge in [-0.15, -0.1) is 0 Å². The molecule has 0 aliphatic heterocycles. The van der Waals surface area contributed by atoms with Crippen LogP contribution in [0.3, 0.4) is 0 Å². The fourth-order valence-electron chi connectivity index (χ4n) is 3.43. The normalized spacial score (nSPS) is 12.5. The van der Waals surface area contributed by atoms with Gasteiger partial charge >= 0.3 is 0 Å². The molecule has 0 aromatic heterocycles. The van der Waals surface area contributed by atoms with Crippen LogP contribution in [0.25, 0.3) is 0 Å². The zero-order valence-electron chi connectivity index (χ0n) is 17.5. The van der Waals surface area contributed by atoms with E-state index in [0.29, 0.717) is 0 Å². The zero-order valence-corrected chi connectivity index (χ0v) is 17.5. The monoisotopic (exact) mass is 364 g/mol. The van der Waals surface area contributed by atoms with E-state index in [1.165, 1.54) is 31.7 Å². The summed E-state index contributed by atoms with van der Waals surface area (Å²) in [6.45, 7) is 13.1. The Bertz CT molecular complexity index is 519. The lowest BCUT2D eigenvalue weighted by molar-refractivity contribution is 0.245. The second-order valence-electron chi connectivity index (χ2n) is 8.33. The molecule has 0 radical (unpaired) electrons. The third-order valence-corrected chi connectivity index (χ3v) is 5.28. The van der Waals surface area contributed by atoms with E-state index in [0.717, 1.165) is 37.9 Å². The number of hydrogen-bond donors (Lipinski definition) is 4. The van der Waals surface area contributed by atoms with Gasteiger partial charge in [-0.05, 0) is 69.2 Å². The second-order valence-corrected chi connectivity index (χ2v) is 8.33. The van der Waals surface area contributed by atoms with Crippen LogP contribution in [-0.2, 0) is 5.41 Å². The zero-order chi connectivity index (χ0) is 19.6. The van der Waals surface area contributed by atoms with Gasteiger partial charge < -0.3 is 10.2 Å². The van der Waals surface area contributed by atoms with Crippen molar-refractivity contribution >= 4 is 0 Å². The first-order valence-corrected chi connectivity index (χ1v) is 10.3. The van der Waals surface area contributed by atoms with E-state index in [4.69, 9.17) is 0 Å². The quantitative estimate of drug-likeness (QED) is 0.292. The Labute approximate surface area is 160 Å². The van der Waals surface area contributed by atoms with Crippen molar-refractivity contribution in [1.29, 1.82) is 0 Å². The molecular weight excluding hydrogens is 324 g/mol. The van der Waals surface area contributed by atoms with Gasteiger partial charge in [-0.3, -0.25) is 10.6 Å². The summed E-state index contributed by atoms with van der Waals surface area (Å²) in [5.41, 5.74) is 0.720. The molecule has 4 N–H and O–H groups in total. The van der Waals surface area contributed by atoms with E-state index < -0.39 is 0 Å². The van der Waals surface area contributed by atoms with Crippen molar-refractivity contribution in [3.05, 3.63) is 23.8 Å². The molecule has 1 rings (SSSR count). The molecule has 0 saturated carbocycles. The van der Waals surface area contributed by atoms with Gasteiger partial charge in [0, 0.05) is 6.07 Å². The summed E-state index contributed by atoms with van der Waals surface area (Å²) in [7, 11) is 0. The summed E-state index contributed by atoms with van der Waals surface area (Å²) in [5.74, 6) is 0.287. The number of hydrogen-bond acceptors (Lipinski definition) is 4. The van der Waals surface area contributed by atoms with Crippen molar-refractivity contribution in [2.45, 2.75) is 90.6 Å². The smallest absolute Gasteiger partial charge is 0.122 e. The van der Waals surface area contributed by atoms with Crippen LogP contribution in [0.4, 0.5) is 0 Å². The summed E-state index contributed by atoms with van der Waals surface area (Å²) in [5, 5.41) is 27.1. The number of unbranched alkanes of at least 4 members (excludes halogenated alkanes) is 2. The molecule has 0 amide bonds. The maximum atomic E-state index is 10.2. The van der Waals surface area contributed by atoms with Crippen molar-refractivity contribution < 1.29 is 10.2 Å². The summed E-state index contributed by atoms with van der Waals surface area (Å²) >= 11 is 0. The van der Waals surface area contributed by atoms with Gasteiger partial charge in [0.15, 0.2) is 0 Å². The maximum Gasteiger partial charge on any atom is 0.122 e. The number of phenolic OH excluding ortho intramolecular Hbond substituents is 2. The van der Waals surface area contributed by atoms with Crippen molar-refractivity contribution in [3.63, 3.8) is 0 Å². The fraction of sp³-hybridized carbons (Fsp3) is 0.727. The molecule has 0 atom stereocenters. The van der Waals surface area contributed by atoms with E-state index in [2.05, 4.69) is 45.3 Å². The number of nitrogens with one attached hydrogen (secondary N) is 2. The maximum absolute atomic E-state index is 10.2. The van der Waals surface area contributed by atoms with E-state index >= 15 is 0 Å². The summed E-state index contributed by atoms with van der Waals surface area (Å²) < 4.78 is 0. The molecule has 0 aliphatic carbocycles. The summed E-state index contributed by atoms with van der Waals surface area (Å²) in [4.78, 5) is 0. The summed E-state index contributed by atoms with van der Waals surface area (Å²) in [6.07, 6.45) is 7.86. The predicted molar refractivity (Wildman–Crippen MR) is 111 cm³/mol. The van der Waals surface area contributed by atoms with Crippen molar-refractivity contribution in [2.75, 3.05) is 13.1 Å². The Kier molecular flexibility index (Phi) is 9.45. The molecule has 0 spiro atoms. The number of phenols is 2. The molecule has 1 aromatic rings. The number of rotatable bonds is 13. The molecule has 0 fully saturated rings. The highest BCUT2D eigenvalue weighted by Gasteiger charge is 2.27. The van der Waals surface area contributed by atoms with Crippen LogP contribution in [0.15, 0.2) is 18.2 Å². The molecule has 4 heteroatoms. The number of benzene rings is 1. The fourth-order valence-corrected chi connectivity index (χ4v) is 3.43. The molecule has 0 saturated heterocycles. The Morgan fingerprint density at radius 3 is 1.92 bits per heavy atom. The first-order valence-electron chi connectivity index (χ1n) is 10.3. The largest absolute Gasteiger partial charge is 0.508 e. The second kappa shape index (κ2) is 10.8. The van der Waals surface area contributed by atoms with Gasteiger partial charge in [0.2, 0.25) is 0 Å². The van der Waals surface area contributed by atoms with Crippen LogP contribution >= 0.6 is 0 Å². The first-order chi connectivity index (χ1) is 12.2. The Morgan fingerprint density at radius 1 is 0.846 bits per heavy atom. The van der Waals surface area contributed by atoms with Gasteiger partial charge in [0.1, 0.15) is 11.5 Å². The lowest BCUT2D eigenvalue weighted by Gasteiger charge is -2.34. The highest BCUT2D eigenvalue weighted by Crippen LogP contribution is 2.37. The summed E-state index contributed by atoms with van der Waals surface area (Å²) in [6, 6.07) is 4.92. The van der Waals surface area contributed by atoms with Crippen LogP contribution in [0.5, 0.6) is 11.5 Å². The lowest BCUT2D eigenvalue weighted by atomic mass is 9.79. The minimum absolute atomic E-state index is 0.0442. The molecule has 0 heterocycles. The number of aromatic hydroxyl groups is 2. The van der Waals surface area contributed by atoms with Gasteiger partial charge in [-0.2, -0.15) is 0 Å². The van der Waals surface area contributed by atoms with Crippen LogP contribution in [-0.4, -0.2) is 29.0 Å². The minimum atomic E-state index is -0.133. The predicted octanol–water partition coefficient (Wildman–Crippen LogP) is 5.04. The third kappa shape index (κ3) is 7.55.